The molecule has 0 saturated heterocycles. The van der Waals surface area contributed by atoms with Crippen molar-refractivity contribution >= 4 is 11.6 Å². The molecule has 0 aliphatic heterocycles. The minimum absolute atomic E-state index is 0.309. The molecule has 0 atom stereocenters. The SMILES string of the molecule is CC(=NNC(=O)c1ccccn1)c1ccc(C#N)cc1. The van der Waals surface area contributed by atoms with Gasteiger partial charge in [-0.05, 0) is 36.8 Å². The van der Waals surface area contributed by atoms with Gasteiger partial charge in [0.15, 0.2) is 0 Å². The number of benzene rings is 1. The number of carbonyl (C=O) groups is 1. The highest BCUT2D eigenvalue weighted by Crippen LogP contribution is 2.04. The van der Waals surface area contributed by atoms with Gasteiger partial charge in [-0.2, -0.15) is 10.4 Å². The van der Waals surface area contributed by atoms with Gasteiger partial charge < -0.3 is 0 Å². The molecule has 0 radical (unpaired) electrons. The van der Waals surface area contributed by atoms with Crippen molar-refractivity contribution in [1.82, 2.24) is 10.4 Å². The third-order valence-electron chi connectivity index (χ3n) is 2.65. The Bertz CT molecular complexity index is 669. The molecule has 0 aliphatic rings. The molecule has 20 heavy (non-hydrogen) atoms. The fourth-order valence-corrected chi connectivity index (χ4v) is 1.54. The second-order valence-corrected chi connectivity index (χ2v) is 4.04. The Hall–Kier alpha value is -3.00. The normalized spacial score (nSPS) is 10.7. The maximum Gasteiger partial charge on any atom is 0.289 e. The Balaban J connectivity index is 2.07. The van der Waals surface area contributed by atoms with E-state index in [0.29, 0.717) is 17.0 Å². The lowest BCUT2D eigenvalue weighted by Crippen LogP contribution is -2.20. The Morgan fingerprint density at radius 3 is 2.60 bits per heavy atom. The first-order valence-electron chi connectivity index (χ1n) is 5.97. The van der Waals surface area contributed by atoms with Crippen LogP contribution in [0.15, 0.2) is 53.8 Å². The van der Waals surface area contributed by atoms with Crippen LogP contribution < -0.4 is 5.43 Å². The molecule has 1 amide bonds. The van der Waals surface area contributed by atoms with Crippen LogP contribution in [0, 0.1) is 11.3 Å². The molecule has 1 heterocycles. The van der Waals surface area contributed by atoms with Crippen LogP contribution in [-0.2, 0) is 0 Å². The first-order chi connectivity index (χ1) is 9.70. The zero-order valence-electron chi connectivity index (χ0n) is 10.9. The van der Waals surface area contributed by atoms with Gasteiger partial charge in [0, 0.05) is 6.20 Å². The number of hydrogen-bond acceptors (Lipinski definition) is 4. The van der Waals surface area contributed by atoms with Gasteiger partial charge in [-0.15, -0.1) is 0 Å². The van der Waals surface area contributed by atoms with Crippen LogP contribution in [0.4, 0.5) is 0 Å². The monoisotopic (exact) mass is 264 g/mol. The van der Waals surface area contributed by atoms with E-state index in [1.807, 2.05) is 6.07 Å². The second-order valence-electron chi connectivity index (χ2n) is 4.04. The van der Waals surface area contributed by atoms with E-state index in [1.165, 1.54) is 0 Å². The molecule has 0 fully saturated rings. The van der Waals surface area contributed by atoms with Crippen molar-refractivity contribution in [3.05, 3.63) is 65.5 Å². The number of hydrazone groups is 1. The van der Waals surface area contributed by atoms with Crippen LogP contribution >= 0.6 is 0 Å². The molecule has 1 aromatic heterocycles. The lowest BCUT2D eigenvalue weighted by molar-refractivity contribution is 0.0950. The molecule has 5 nitrogen and oxygen atoms in total. The van der Waals surface area contributed by atoms with Gasteiger partial charge in [0.2, 0.25) is 0 Å². The van der Waals surface area contributed by atoms with Gasteiger partial charge in [-0.3, -0.25) is 9.78 Å². The van der Waals surface area contributed by atoms with Crippen molar-refractivity contribution in [1.29, 1.82) is 5.26 Å². The van der Waals surface area contributed by atoms with Crippen LogP contribution in [0.1, 0.15) is 28.5 Å². The number of nitrogens with zero attached hydrogens (tertiary/aromatic N) is 3. The second kappa shape index (κ2) is 6.25. The summed E-state index contributed by atoms with van der Waals surface area (Å²) in [6.45, 7) is 1.78. The predicted molar refractivity (Wildman–Crippen MR) is 75.1 cm³/mol. The van der Waals surface area contributed by atoms with Gasteiger partial charge in [-0.25, -0.2) is 5.43 Å². The molecule has 1 N–H and O–H groups in total. The number of hydrogen-bond donors (Lipinski definition) is 1. The highest BCUT2D eigenvalue weighted by Gasteiger charge is 2.05. The molecule has 0 saturated carbocycles. The fraction of sp³-hybridized carbons (Fsp3) is 0.0667. The Morgan fingerprint density at radius 1 is 1.25 bits per heavy atom. The predicted octanol–water partition coefficient (Wildman–Crippen LogP) is 2.11. The van der Waals surface area contributed by atoms with E-state index in [2.05, 4.69) is 15.5 Å². The average molecular weight is 264 g/mol. The minimum Gasteiger partial charge on any atom is -0.266 e. The molecule has 0 bridgehead atoms. The molecule has 5 heteroatoms. The lowest BCUT2D eigenvalue weighted by Gasteiger charge is -2.02. The maximum atomic E-state index is 11.8. The highest BCUT2D eigenvalue weighted by molar-refractivity contribution is 6.00. The summed E-state index contributed by atoms with van der Waals surface area (Å²) in [5.41, 5.74) is 4.83. The summed E-state index contributed by atoms with van der Waals surface area (Å²) in [6, 6.07) is 14.1. The van der Waals surface area contributed by atoms with Gasteiger partial charge in [-0.1, -0.05) is 18.2 Å². The van der Waals surface area contributed by atoms with E-state index in [1.54, 1.807) is 55.6 Å². The first-order valence-corrected chi connectivity index (χ1v) is 5.97. The van der Waals surface area contributed by atoms with E-state index in [0.717, 1.165) is 5.56 Å². The molecule has 1 aromatic carbocycles. The van der Waals surface area contributed by atoms with Crippen molar-refractivity contribution in [2.24, 2.45) is 5.10 Å². The molecule has 2 rings (SSSR count). The Labute approximate surface area is 116 Å². The summed E-state index contributed by atoms with van der Waals surface area (Å²) in [7, 11) is 0. The molecule has 0 unspecified atom stereocenters. The smallest absolute Gasteiger partial charge is 0.266 e. The Kier molecular flexibility index (Phi) is 4.20. The van der Waals surface area contributed by atoms with Gasteiger partial charge in [0.05, 0.1) is 17.3 Å². The third kappa shape index (κ3) is 3.27. The van der Waals surface area contributed by atoms with Crippen LogP contribution in [-0.4, -0.2) is 16.6 Å². The fourth-order valence-electron chi connectivity index (χ4n) is 1.54. The number of amides is 1. The summed E-state index contributed by atoms with van der Waals surface area (Å²) in [5.74, 6) is -0.362. The average Bonchev–Trinajstić information content (AvgIpc) is 2.53. The highest BCUT2D eigenvalue weighted by atomic mass is 16.2. The van der Waals surface area contributed by atoms with Gasteiger partial charge in [0.25, 0.3) is 5.91 Å². The summed E-state index contributed by atoms with van der Waals surface area (Å²) in [4.78, 5) is 15.7. The summed E-state index contributed by atoms with van der Waals surface area (Å²) < 4.78 is 0. The number of pyridine rings is 1. The summed E-state index contributed by atoms with van der Waals surface area (Å²) >= 11 is 0. The maximum absolute atomic E-state index is 11.8. The van der Waals surface area contributed by atoms with Crippen LogP contribution in [0.25, 0.3) is 0 Å². The van der Waals surface area contributed by atoms with Crippen molar-refractivity contribution in [2.75, 3.05) is 0 Å². The molecule has 0 aliphatic carbocycles. The first kappa shape index (κ1) is 13.4. The zero-order valence-corrected chi connectivity index (χ0v) is 10.9. The van der Waals surface area contributed by atoms with E-state index in [-0.39, 0.29) is 5.91 Å². The van der Waals surface area contributed by atoms with Crippen molar-refractivity contribution in [3.8, 4) is 6.07 Å². The summed E-state index contributed by atoms with van der Waals surface area (Å²) in [6.07, 6.45) is 1.55. The minimum atomic E-state index is -0.362. The van der Waals surface area contributed by atoms with Crippen molar-refractivity contribution in [3.63, 3.8) is 0 Å². The number of nitrogens with one attached hydrogen (secondary N) is 1. The topological polar surface area (TPSA) is 78.1 Å². The lowest BCUT2D eigenvalue weighted by atomic mass is 10.1. The van der Waals surface area contributed by atoms with Crippen LogP contribution in [0.5, 0.6) is 0 Å². The quantitative estimate of drug-likeness (QED) is 0.681. The number of nitriles is 1. The third-order valence-corrected chi connectivity index (χ3v) is 2.65. The van der Waals surface area contributed by atoms with Crippen LogP contribution in [0.2, 0.25) is 0 Å². The zero-order chi connectivity index (χ0) is 14.4. The number of rotatable bonds is 3. The number of aromatic nitrogens is 1. The molecule has 0 spiro atoms. The molecule has 98 valence electrons. The molecular weight excluding hydrogens is 252 g/mol. The van der Waals surface area contributed by atoms with Gasteiger partial charge in [0.1, 0.15) is 5.69 Å². The summed E-state index contributed by atoms with van der Waals surface area (Å²) in [5, 5.41) is 12.7. The van der Waals surface area contributed by atoms with Gasteiger partial charge >= 0.3 is 0 Å². The van der Waals surface area contributed by atoms with E-state index < -0.39 is 0 Å². The van der Waals surface area contributed by atoms with E-state index in [9.17, 15) is 4.79 Å². The van der Waals surface area contributed by atoms with Crippen LogP contribution in [0.3, 0.4) is 0 Å². The van der Waals surface area contributed by atoms with Crippen molar-refractivity contribution < 1.29 is 4.79 Å². The largest absolute Gasteiger partial charge is 0.289 e. The Morgan fingerprint density at radius 2 is 2.00 bits per heavy atom. The molecule has 2 aromatic rings. The van der Waals surface area contributed by atoms with E-state index in [4.69, 9.17) is 5.26 Å². The van der Waals surface area contributed by atoms with Crippen molar-refractivity contribution in [2.45, 2.75) is 6.92 Å². The number of carbonyl (C=O) groups excluding carboxylic acids is 1. The molecular formula is C15H12N4O. The van der Waals surface area contributed by atoms with E-state index >= 15 is 0 Å². The standard InChI is InChI=1S/C15H12N4O/c1-11(13-7-5-12(10-16)6-8-13)18-19-15(20)14-4-2-3-9-17-14/h2-9H,1H3,(H,19,20).